The summed E-state index contributed by atoms with van der Waals surface area (Å²) in [7, 11) is 3.57. The number of quaternary nitrogens is 1. The molecule has 3 N–H and O–H groups in total. The van der Waals surface area contributed by atoms with Crippen molar-refractivity contribution >= 4 is 17.9 Å². The van der Waals surface area contributed by atoms with E-state index in [1.54, 1.807) is 0 Å². The van der Waals surface area contributed by atoms with Gasteiger partial charge >= 0.3 is 23.4 Å². The summed E-state index contributed by atoms with van der Waals surface area (Å²) < 4.78 is -0.743. The first-order chi connectivity index (χ1) is 6.08. The highest BCUT2D eigenvalue weighted by Gasteiger charge is 2.65. The van der Waals surface area contributed by atoms with Crippen LogP contribution in [0, 0.1) is 0 Å². The fourth-order valence-electron chi connectivity index (χ4n) is 1.14. The number of carboxylic acid groups (broad SMARTS) is 3. The molecule has 0 radical (unpaired) electrons. The van der Waals surface area contributed by atoms with Gasteiger partial charge in [-0.25, -0.2) is 14.4 Å². The van der Waals surface area contributed by atoms with Crippen molar-refractivity contribution in [2.45, 2.75) is 5.54 Å². The summed E-state index contributed by atoms with van der Waals surface area (Å²) in [5.74, 6) is -5.69. The molecular formula is C7H12NO6+. The first kappa shape index (κ1) is 12.4. The lowest BCUT2D eigenvalue weighted by Gasteiger charge is -2.35. The van der Waals surface area contributed by atoms with E-state index in [0.717, 1.165) is 0 Å². The van der Waals surface area contributed by atoms with E-state index in [1.807, 2.05) is 0 Å². The summed E-state index contributed by atoms with van der Waals surface area (Å²) in [6.45, 7) is 0. The molecule has 0 saturated heterocycles. The van der Waals surface area contributed by atoms with Gasteiger partial charge < -0.3 is 15.3 Å². The van der Waals surface area contributed by atoms with Gasteiger partial charge in [-0.15, -0.1) is 0 Å². The average molecular weight is 206 g/mol. The Morgan fingerprint density at radius 3 is 1.07 bits per heavy atom. The third-order valence-electron chi connectivity index (χ3n) is 1.93. The quantitative estimate of drug-likeness (QED) is 0.388. The van der Waals surface area contributed by atoms with E-state index < -0.39 is 27.9 Å². The van der Waals surface area contributed by atoms with Crippen molar-refractivity contribution in [2.24, 2.45) is 0 Å². The minimum atomic E-state index is -2.87. The Bertz CT molecular complexity index is 253. The maximum Gasteiger partial charge on any atom is 0.390 e. The molecule has 0 bridgehead atoms. The molecule has 0 aliphatic carbocycles. The molecule has 0 spiro atoms. The van der Waals surface area contributed by atoms with Gasteiger partial charge in [0, 0.05) is 0 Å². The van der Waals surface area contributed by atoms with Gasteiger partial charge in [-0.3, -0.25) is 4.48 Å². The number of hydrogen-bond donors (Lipinski definition) is 3. The SMILES string of the molecule is C[N+](C)(C)C(C(=O)O)(C(=O)O)C(=O)O. The summed E-state index contributed by atoms with van der Waals surface area (Å²) in [6.07, 6.45) is 0. The van der Waals surface area contributed by atoms with Crippen LogP contribution < -0.4 is 0 Å². The van der Waals surface area contributed by atoms with Crippen molar-refractivity contribution in [1.82, 2.24) is 0 Å². The maximum atomic E-state index is 10.8. The lowest BCUT2D eigenvalue weighted by atomic mass is 9.96. The normalized spacial score (nSPS) is 12.2. The molecule has 0 atom stereocenters. The molecule has 0 saturated carbocycles. The van der Waals surface area contributed by atoms with Crippen LogP contribution >= 0.6 is 0 Å². The van der Waals surface area contributed by atoms with E-state index in [2.05, 4.69) is 0 Å². The molecule has 0 rings (SSSR count). The first-order valence-corrected chi connectivity index (χ1v) is 3.60. The van der Waals surface area contributed by atoms with Crippen molar-refractivity contribution in [3.8, 4) is 0 Å². The molecule has 7 nitrogen and oxygen atoms in total. The van der Waals surface area contributed by atoms with E-state index >= 15 is 0 Å². The molecule has 80 valence electrons. The zero-order chi connectivity index (χ0) is 11.7. The van der Waals surface area contributed by atoms with E-state index in [9.17, 15) is 14.4 Å². The number of aliphatic carboxylic acids is 3. The second-order valence-electron chi connectivity index (χ2n) is 3.64. The lowest BCUT2D eigenvalue weighted by Crippen LogP contribution is -2.71. The van der Waals surface area contributed by atoms with Crippen LogP contribution in [0.4, 0.5) is 0 Å². The third-order valence-corrected chi connectivity index (χ3v) is 1.93. The predicted octanol–water partition coefficient (Wildman–Crippen LogP) is -1.31. The average Bonchev–Trinajstić information content (AvgIpc) is 1.79. The van der Waals surface area contributed by atoms with Crippen molar-refractivity contribution in [3.63, 3.8) is 0 Å². The van der Waals surface area contributed by atoms with Crippen LogP contribution in [0.2, 0.25) is 0 Å². The molecule has 0 aliphatic rings. The highest BCUT2D eigenvalue weighted by atomic mass is 16.4. The molecule has 0 amide bonds. The van der Waals surface area contributed by atoms with Gasteiger partial charge in [0.25, 0.3) is 0 Å². The molecule has 0 heterocycles. The highest BCUT2D eigenvalue weighted by molar-refractivity contribution is 6.20. The molecule has 0 fully saturated rings. The van der Waals surface area contributed by atoms with Crippen LogP contribution in [0.15, 0.2) is 0 Å². The molecular weight excluding hydrogens is 194 g/mol. The molecule has 0 aromatic heterocycles. The fraction of sp³-hybridized carbons (Fsp3) is 0.571. The van der Waals surface area contributed by atoms with Crippen LogP contribution in [0.3, 0.4) is 0 Å². The highest BCUT2D eigenvalue weighted by Crippen LogP contribution is 2.20. The van der Waals surface area contributed by atoms with Gasteiger partial charge in [-0.05, 0) is 0 Å². The molecule has 0 unspecified atom stereocenters. The minimum Gasteiger partial charge on any atom is -0.476 e. The van der Waals surface area contributed by atoms with Crippen LogP contribution in [-0.4, -0.2) is 64.4 Å². The van der Waals surface area contributed by atoms with Gasteiger partial charge in [0.1, 0.15) is 0 Å². The topological polar surface area (TPSA) is 112 Å². The standard InChI is InChI=1S/C7H11NO6/c1-8(2,3)7(4(9)10,5(11)12)6(13)14/h1-3H3,(H2-,9,10,11,12,13,14)/p+1. The number of carboxylic acids is 3. The lowest BCUT2D eigenvalue weighted by molar-refractivity contribution is -0.895. The predicted molar refractivity (Wildman–Crippen MR) is 43.7 cm³/mol. The maximum absolute atomic E-state index is 10.8. The van der Waals surface area contributed by atoms with E-state index in [4.69, 9.17) is 15.3 Å². The van der Waals surface area contributed by atoms with E-state index in [-0.39, 0.29) is 0 Å². The number of hydrogen-bond acceptors (Lipinski definition) is 3. The van der Waals surface area contributed by atoms with Crippen molar-refractivity contribution in [2.75, 3.05) is 21.1 Å². The van der Waals surface area contributed by atoms with Crippen LogP contribution in [0.5, 0.6) is 0 Å². The van der Waals surface area contributed by atoms with Crippen molar-refractivity contribution < 1.29 is 34.2 Å². The molecule has 0 aromatic carbocycles. The third kappa shape index (κ3) is 1.41. The van der Waals surface area contributed by atoms with Gasteiger partial charge in [0.2, 0.25) is 0 Å². The zero-order valence-corrected chi connectivity index (χ0v) is 8.01. The summed E-state index contributed by atoms with van der Waals surface area (Å²) in [4.78, 5) is 32.3. The fourth-order valence-corrected chi connectivity index (χ4v) is 1.14. The Kier molecular flexibility index (Phi) is 2.88. The Hall–Kier alpha value is -1.63. The first-order valence-electron chi connectivity index (χ1n) is 3.60. The second-order valence-corrected chi connectivity index (χ2v) is 3.64. The number of carbonyl (C=O) groups is 3. The Morgan fingerprint density at radius 1 is 0.857 bits per heavy atom. The number of rotatable bonds is 4. The zero-order valence-electron chi connectivity index (χ0n) is 8.01. The van der Waals surface area contributed by atoms with Crippen molar-refractivity contribution in [3.05, 3.63) is 0 Å². The largest absolute Gasteiger partial charge is 0.476 e. The van der Waals surface area contributed by atoms with E-state index in [1.165, 1.54) is 21.1 Å². The Balaban J connectivity index is 5.78. The monoisotopic (exact) mass is 206 g/mol. The van der Waals surface area contributed by atoms with Crippen LogP contribution in [0.1, 0.15) is 0 Å². The molecule has 0 aliphatic heterocycles. The minimum absolute atomic E-state index is 0.743. The van der Waals surface area contributed by atoms with Crippen LogP contribution in [-0.2, 0) is 14.4 Å². The van der Waals surface area contributed by atoms with Gasteiger partial charge in [0.05, 0.1) is 21.1 Å². The molecule has 7 heteroatoms. The Labute approximate surface area is 79.8 Å². The summed E-state index contributed by atoms with van der Waals surface area (Å²) in [5, 5.41) is 26.2. The van der Waals surface area contributed by atoms with Crippen LogP contribution in [0.25, 0.3) is 0 Å². The van der Waals surface area contributed by atoms with Gasteiger partial charge in [0.15, 0.2) is 0 Å². The van der Waals surface area contributed by atoms with Crippen molar-refractivity contribution in [1.29, 1.82) is 0 Å². The van der Waals surface area contributed by atoms with Gasteiger partial charge in [-0.2, -0.15) is 0 Å². The molecule has 14 heavy (non-hydrogen) atoms. The summed E-state index contributed by atoms with van der Waals surface area (Å²) in [5.41, 5.74) is -2.87. The summed E-state index contributed by atoms with van der Waals surface area (Å²) in [6, 6.07) is 0. The second kappa shape index (κ2) is 3.26. The number of nitrogens with zero attached hydrogens (tertiary/aromatic N) is 1. The Morgan fingerprint density at radius 2 is 1.07 bits per heavy atom. The smallest absolute Gasteiger partial charge is 0.390 e. The summed E-state index contributed by atoms with van der Waals surface area (Å²) >= 11 is 0. The van der Waals surface area contributed by atoms with E-state index in [0.29, 0.717) is 0 Å². The van der Waals surface area contributed by atoms with Gasteiger partial charge in [-0.1, -0.05) is 0 Å². The number of likely N-dealkylation sites (N-methyl/N-ethyl adjacent to an activating group) is 1. The molecule has 0 aromatic rings.